The van der Waals surface area contributed by atoms with E-state index in [9.17, 15) is 19.2 Å². The van der Waals surface area contributed by atoms with Gasteiger partial charge in [-0.15, -0.1) is 0 Å². The first-order valence-electron chi connectivity index (χ1n) is 10.1. The molecule has 2 aliphatic carbocycles. The zero-order chi connectivity index (χ0) is 21.4. The highest BCUT2D eigenvalue weighted by atomic mass is 16.2. The molecule has 30 heavy (non-hydrogen) atoms. The molecule has 0 bridgehead atoms. The standard InChI is InChI=1S/C23H23N3O4/c1-13(26(2)12-20(27)24-14-7-8-14)23(30)25-15-9-10-18-19(11-15)22(29)17-6-4-3-5-16(17)21(18)28/h3-6,9-11,13-14H,7-8,12H2,1-2H3,(H,24,27)(H,25,30)/p+1/t13-/m0/s1. The zero-order valence-corrected chi connectivity index (χ0v) is 17.0. The van der Waals surface area contributed by atoms with Crippen LogP contribution in [-0.4, -0.2) is 49.1 Å². The molecule has 2 amide bonds. The van der Waals surface area contributed by atoms with Gasteiger partial charge in [0, 0.05) is 34.0 Å². The van der Waals surface area contributed by atoms with Gasteiger partial charge in [0.15, 0.2) is 24.2 Å². The van der Waals surface area contributed by atoms with E-state index in [1.807, 2.05) is 0 Å². The summed E-state index contributed by atoms with van der Waals surface area (Å²) >= 11 is 0. The number of nitrogens with one attached hydrogen (secondary N) is 3. The van der Waals surface area contributed by atoms with Crippen molar-refractivity contribution in [3.8, 4) is 0 Å². The summed E-state index contributed by atoms with van der Waals surface area (Å²) in [5.74, 6) is -0.756. The summed E-state index contributed by atoms with van der Waals surface area (Å²) in [6.45, 7) is 1.96. The van der Waals surface area contributed by atoms with E-state index >= 15 is 0 Å². The van der Waals surface area contributed by atoms with Crippen LogP contribution >= 0.6 is 0 Å². The fourth-order valence-electron chi connectivity index (χ4n) is 3.56. The molecule has 2 aliphatic rings. The molecule has 0 spiro atoms. The Labute approximate surface area is 174 Å². The van der Waals surface area contributed by atoms with Crippen molar-refractivity contribution in [3.63, 3.8) is 0 Å². The first kappa shape index (κ1) is 20.0. The van der Waals surface area contributed by atoms with Gasteiger partial charge in [-0.05, 0) is 38.0 Å². The quantitative estimate of drug-likeness (QED) is 0.558. The van der Waals surface area contributed by atoms with Crippen molar-refractivity contribution < 1.29 is 24.1 Å². The van der Waals surface area contributed by atoms with Crippen LogP contribution in [0.1, 0.15) is 51.6 Å². The minimum Gasteiger partial charge on any atom is -0.348 e. The van der Waals surface area contributed by atoms with Gasteiger partial charge in [-0.2, -0.15) is 0 Å². The minimum absolute atomic E-state index is 0.0637. The third kappa shape index (κ3) is 3.89. The summed E-state index contributed by atoms with van der Waals surface area (Å²) in [7, 11) is 1.79. The van der Waals surface area contributed by atoms with Crippen molar-refractivity contribution >= 4 is 29.1 Å². The lowest BCUT2D eigenvalue weighted by Crippen LogP contribution is -3.15. The van der Waals surface area contributed by atoms with Crippen LogP contribution in [0.25, 0.3) is 0 Å². The SMILES string of the molecule is C[C@@H](C(=O)Nc1ccc2c(c1)C(=O)c1ccccc1C2=O)[NH+](C)CC(=O)NC1CC1. The molecule has 2 atom stereocenters. The fraction of sp³-hybridized carbons (Fsp3) is 0.304. The first-order valence-corrected chi connectivity index (χ1v) is 10.1. The van der Waals surface area contributed by atoms with Crippen molar-refractivity contribution in [1.82, 2.24) is 5.32 Å². The average Bonchev–Trinajstić information content (AvgIpc) is 3.55. The maximum absolute atomic E-state index is 12.8. The highest BCUT2D eigenvalue weighted by Gasteiger charge is 2.31. The maximum atomic E-state index is 12.8. The van der Waals surface area contributed by atoms with Crippen molar-refractivity contribution in [1.29, 1.82) is 0 Å². The Bertz CT molecular complexity index is 1060. The normalized spacial score (nSPS) is 16.9. The molecule has 0 aromatic heterocycles. The molecule has 0 saturated heterocycles. The average molecular weight is 406 g/mol. The summed E-state index contributed by atoms with van der Waals surface area (Å²) in [5.41, 5.74) is 1.84. The van der Waals surface area contributed by atoms with Gasteiger partial charge < -0.3 is 15.5 Å². The summed E-state index contributed by atoms with van der Waals surface area (Å²) in [6, 6.07) is 11.3. The van der Waals surface area contributed by atoms with E-state index in [2.05, 4.69) is 10.6 Å². The van der Waals surface area contributed by atoms with Crippen LogP contribution in [0.15, 0.2) is 42.5 Å². The Morgan fingerprint density at radius 2 is 1.60 bits per heavy atom. The second-order valence-electron chi connectivity index (χ2n) is 8.04. The lowest BCUT2D eigenvalue weighted by Gasteiger charge is -2.21. The van der Waals surface area contributed by atoms with Crippen molar-refractivity contribution in [2.45, 2.75) is 31.8 Å². The van der Waals surface area contributed by atoms with Crippen LogP contribution in [0, 0.1) is 0 Å². The number of quaternary nitrogens is 1. The maximum Gasteiger partial charge on any atom is 0.282 e. The van der Waals surface area contributed by atoms with Crippen LogP contribution in [0.5, 0.6) is 0 Å². The Balaban J connectivity index is 1.46. The molecule has 1 fully saturated rings. The lowest BCUT2D eigenvalue weighted by atomic mass is 9.84. The highest BCUT2D eigenvalue weighted by Crippen LogP contribution is 2.29. The van der Waals surface area contributed by atoms with Gasteiger partial charge in [0.1, 0.15) is 0 Å². The molecule has 3 N–H and O–H groups in total. The zero-order valence-electron chi connectivity index (χ0n) is 17.0. The molecular weight excluding hydrogens is 382 g/mol. The predicted molar refractivity (Wildman–Crippen MR) is 111 cm³/mol. The number of fused-ring (bicyclic) bond motifs is 2. The van der Waals surface area contributed by atoms with E-state index in [4.69, 9.17) is 0 Å². The van der Waals surface area contributed by atoms with E-state index in [0.717, 1.165) is 17.7 Å². The van der Waals surface area contributed by atoms with Crippen molar-refractivity contribution in [3.05, 3.63) is 64.7 Å². The molecule has 7 heteroatoms. The summed E-state index contributed by atoms with van der Waals surface area (Å²) in [4.78, 5) is 50.9. The Kier molecular flexibility index (Phi) is 5.22. The van der Waals surface area contributed by atoms with E-state index in [1.165, 1.54) is 0 Å². The second-order valence-corrected chi connectivity index (χ2v) is 8.04. The van der Waals surface area contributed by atoms with Gasteiger partial charge in [-0.1, -0.05) is 24.3 Å². The van der Waals surface area contributed by atoms with Crippen LogP contribution in [-0.2, 0) is 9.59 Å². The number of hydrogen-bond donors (Lipinski definition) is 3. The Morgan fingerprint density at radius 3 is 2.23 bits per heavy atom. The van der Waals surface area contributed by atoms with Gasteiger partial charge >= 0.3 is 0 Å². The number of anilines is 1. The molecular formula is C23H24N3O4+. The van der Waals surface area contributed by atoms with Gasteiger partial charge in [0.2, 0.25) is 0 Å². The number of likely N-dealkylation sites (N-methyl/N-ethyl adjacent to an activating group) is 1. The molecule has 154 valence electrons. The van der Waals surface area contributed by atoms with E-state index in [1.54, 1.807) is 56.4 Å². The van der Waals surface area contributed by atoms with E-state index in [-0.39, 0.29) is 41.5 Å². The van der Waals surface area contributed by atoms with Crippen molar-refractivity contribution in [2.75, 3.05) is 18.9 Å². The van der Waals surface area contributed by atoms with Gasteiger partial charge in [-0.25, -0.2) is 0 Å². The molecule has 0 radical (unpaired) electrons. The molecule has 0 heterocycles. The number of ketones is 2. The molecule has 7 nitrogen and oxygen atoms in total. The van der Waals surface area contributed by atoms with Crippen LogP contribution in [0.4, 0.5) is 5.69 Å². The monoisotopic (exact) mass is 406 g/mol. The minimum atomic E-state index is -0.468. The van der Waals surface area contributed by atoms with Crippen LogP contribution in [0.3, 0.4) is 0 Å². The Hall–Kier alpha value is -3.32. The lowest BCUT2D eigenvalue weighted by molar-refractivity contribution is -0.885. The molecule has 1 saturated carbocycles. The Morgan fingerprint density at radius 1 is 1.00 bits per heavy atom. The third-order valence-corrected chi connectivity index (χ3v) is 5.71. The largest absolute Gasteiger partial charge is 0.348 e. The fourth-order valence-corrected chi connectivity index (χ4v) is 3.56. The molecule has 4 rings (SSSR count). The highest BCUT2D eigenvalue weighted by molar-refractivity contribution is 6.28. The molecule has 2 aromatic rings. The summed E-state index contributed by atoms with van der Waals surface area (Å²) in [6.07, 6.45) is 2.04. The predicted octanol–water partition coefficient (Wildman–Crippen LogP) is 0.582. The smallest absolute Gasteiger partial charge is 0.282 e. The number of hydrogen-bond acceptors (Lipinski definition) is 4. The molecule has 0 aliphatic heterocycles. The summed E-state index contributed by atoms with van der Waals surface area (Å²) in [5, 5.41) is 5.72. The van der Waals surface area contributed by atoms with E-state index < -0.39 is 6.04 Å². The van der Waals surface area contributed by atoms with Crippen LogP contribution < -0.4 is 15.5 Å². The summed E-state index contributed by atoms with van der Waals surface area (Å²) < 4.78 is 0. The van der Waals surface area contributed by atoms with Gasteiger partial charge in [0.05, 0.1) is 7.05 Å². The topological polar surface area (TPSA) is 96.8 Å². The van der Waals surface area contributed by atoms with E-state index in [0.29, 0.717) is 22.4 Å². The number of carbonyl (C=O) groups is 4. The number of carbonyl (C=O) groups excluding carboxylic acids is 4. The van der Waals surface area contributed by atoms with Gasteiger partial charge in [-0.3, -0.25) is 19.2 Å². The number of amides is 2. The van der Waals surface area contributed by atoms with Crippen molar-refractivity contribution in [2.24, 2.45) is 0 Å². The third-order valence-electron chi connectivity index (χ3n) is 5.71. The number of rotatable bonds is 6. The molecule has 2 aromatic carbocycles. The second kappa shape index (κ2) is 7.84. The first-order chi connectivity index (χ1) is 14.3. The molecule has 1 unspecified atom stereocenters. The number of benzene rings is 2. The van der Waals surface area contributed by atoms with Crippen LogP contribution in [0.2, 0.25) is 0 Å². The van der Waals surface area contributed by atoms with Gasteiger partial charge in [0.25, 0.3) is 11.8 Å².